The molecule has 1 aliphatic heterocycles. The molecule has 1 fully saturated rings. The summed E-state index contributed by atoms with van der Waals surface area (Å²) in [5.74, 6) is -0.800. The predicted molar refractivity (Wildman–Crippen MR) is 152 cm³/mol. The number of hydrazone groups is 1. The van der Waals surface area contributed by atoms with E-state index in [0.29, 0.717) is 22.2 Å². The number of hydrogen-bond acceptors (Lipinski definition) is 5. The lowest BCUT2D eigenvalue weighted by Gasteiger charge is -2.29. The lowest BCUT2D eigenvalue weighted by Crippen LogP contribution is -2.34. The molecule has 0 bridgehead atoms. The first-order valence-corrected chi connectivity index (χ1v) is 13.3. The van der Waals surface area contributed by atoms with E-state index in [4.69, 9.17) is 9.84 Å². The Morgan fingerprint density at radius 3 is 2.49 bits per heavy atom. The Balaban J connectivity index is 1.29. The third-order valence-electron chi connectivity index (χ3n) is 7.43. The number of para-hydroxylation sites is 1. The second-order valence-corrected chi connectivity index (χ2v) is 10.1. The fourth-order valence-electron chi connectivity index (χ4n) is 5.69. The standard InChI is InChI=1S/C33H29N3O3/c1-22-19-28(26-16-8-9-18-29(26)34-22)33(38)39-21-30(37)36-32(24-13-6-3-7-14-24)27-17-10-15-25(31(27)35-36)20-23-11-4-2-5-12-23/h2-9,11-14,16,18-20,27,32H,10,15,17,21H2,1H3/b25-20-/t27-,32-/m0/s1. The molecule has 0 radical (unpaired) electrons. The van der Waals surface area contributed by atoms with Gasteiger partial charge in [0, 0.05) is 17.0 Å². The summed E-state index contributed by atoms with van der Waals surface area (Å²) >= 11 is 0. The smallest absolute Gasteiger partial charge is 0.339 e. The molecule has 6 rings (SSSR count). The van der Waals surface area contributed by atoms with E-state index in [2.05, 4.69) is 23.2 Å². The number of aromatic nitrogens is 1. The number of carbonyl (C=O) groups is 2. The summed E-state index contributed by atoms with van der Waals surface area (Å²) in [5.41, 5.74) is 6.08. The van der Waals surface area contributed by atoms with Crippen LogP contribution in [0.5, 0.6) is 0 Å². The first-order chi connectivity index (χ1) is 19.1. The van der Waals surface area contributed by atoms with Gasteiger partial charge in [0.2, 0.25) is 0 Å². The normalized spacial score (nSPS) is 19.6. The summed E-state index contributed by atoms with van der Waals surface area (Å²) in [6.07, 6.45) is 5.06. The monoisotopic (exact) mass is 515 g/mol. The van der Waals surface area contributed by atoms with Crippen LogP contribution >= 0.6 is 0 Å². The van der Waals surface area contributed by atoms with E-state index in [1.807, 2.05) is 79.7 Å². The highest BCUT2D eigenvalue weighted by atomic mass is 16.5. The van der Waals surface area contributed by atoms with Gasteiger partial charge in [-0.2, -0.15) is 5.10 Å². The number of amides is 1. The van der Waals surface area contributed by atoms with Crippen molar-refractivity contribution in [1.29, 1.82) is 0 Å². The van der Waals surface area contributed by atoms with Crippen LogP contribution < -0.4 is 0 Å². The minimum atomic E-state index is -0.546. The van der Waals surface area contributed by atoms with Crippen LogP contribution in [0.25, 0.3) is 17.0 Å². The van der Waals surface area contributed by atoms with Gasteiger partial charge in [-0.1, -0.05) is 78.9 Å². The minimum Gasteiger partial charge on any atom is -0.452 e. The Bertz CT molecular complexity index is 1590. The van der Waals surface area contributed by atoms with Gasteiger partial charge in [0.05, 0.1) is 22.8 Å². The molecular formula is C33H29N3O3. The largest absolute Gasteiger partial charge is 0.452 e. The van der Waals surface area contributed by atoms with Crippen molar-refractivity contribution in [3.8, 4) is 0 Å². The molecule has 2 atom stereocenters. The molecule has 2 heterocycles. The van der Waals surface area contributed by atoms with E-state index in [9.17, 15) is 9.59 Å². The van der Waals surface area contributed by atoms with E-state index < -0.39 is 5.97 Å². The molecule has 1 aliphatic carbocycles. The van der Waals surface area contributed by atoms with Crippen molar-refractivity contribution in [3.63, 3.8) is 0 Å². The average molecular weight is 516 g/mol. The quantitative estimate of drug-likeness (QED) is 0.284. The zero-order valence-corrected chi connectivity index (χ0v) is 21.8. The van der Waals surface area contributed by atoms with Gasteiger partial charge >= 0.3 is 5.97 Å². The number of rotatable bonds is 5. The zero-order chi connectivity index (χ0) is 26.8. The molecule has 6 nitrogen and oxygen atoms in total. The van der Waals surface area contributed by atoms with Crippen LogP contribution in [0.3, 0.4) is 0 Å². The van der Waals surface area contributed by atoms with Gasteiger partial charge in [0.1, 0.15) is 0 Å². The fraction of sp³-hybridized carbons (Fsp3) is 0.212. The van der Waals surface area contributed by atoms with E-state index in [0.717, 1.165) is 41.7 Å². The first kappa shape index (κ1) is 24.7. The van der Waals surface area contributed by atoms with Gasteiger partial charge in [-0.3, -0.25) is 9.78 Å². The Kier molecular flexibility index (Phi) is 6.76. The number of ether oxygens (including phenoxy) is 1. The van der Waals surface area contributed by atoms with Crippen LogP contribution in [0, 0.1) is 12.8 Å². The van der Waals surface area contributed by atoms with Crippen LogP contribution in [-0.4, -0.2) is 34.2 Å². The lowest BCUT2D eigenvalue weighted by atomic mass is 9.77. The number of nitrogens with zero attached hydrogens (tertiary/aromatic N) is 3. The molecule has 3 aromatic carbocycles. The van der Waals surface area contributed by atoms with Crippen molar-refractivity contribution in [2.75, 3.05) is 6.61 Å². The van der Waals surface area contributed by atoms with E-state index in [-0.39, 0.29) is 24.5 Å². The van der Waals surface area contributed by atoms with Crippen LogP contribution in [0.1, 0.15) is 52.5 Å². The van der Waals surface area contributed by atoms with Crippen molar-refractivity contribution in [2.45, 2.75) is 32.2 Å². The zero-order valence-electron chi connectivity index (χ0n) is 21.8. The predicted octanol–water partition coefficient (Wildman–Crippen LogP) is 6.52. The second kappa shape index (κ2) is 10.7. The third kappa shape index (κ3) is 4.98. The van der Waals surface area contributed by atoms with E-state index in [1.54, 1.807) is 11.1 Å². The number of aryl methyl sites for hydroxylation is 1. The van der Waals surface area contributed by atoms with Crippen molar-refractivity contribution in [3.05, 3.63) is 119 Å². The van der Waals surface area contributed by atoms with Crippen LogP contribution in [0.2, 0.25) is 0 Å². The SMILES string of the molecule is Cc1cc(C(=O)OCC(=O)N2N=C3/C(=C\c4ccccc4)CCC[C@@H]3[C@@H]2c2ccccc2)c2ccccc2n1. The maximum absolute atomic E-state index is 13.6. The summed E-state index contributed by atoms with van der Waals surface area (Å²) < 4.78 is 5.58. The maximum atomic E-state index is 13.6. The van der Waals surface area contributed by atoms with Crippen molar-refractivity contribution < 1.29 is 14.3 Å². The van der Waals surface area contributed by atoms with Gasteiger partial charge in [-0.05, 0) is 61.1 Å². The first-order valence-electron chi connectivity index (χ1n) is 13.3. The van der Waals surface area contributed by atoms with Gasteiger partial charge < -0.3 is 4.74 Å². The topological polar surface area (TPSA) is 71.9 Å². The minimum absolute atomic E-state index is 0.0857. The summed E-state index contributed by atoms with van der Waals surface area (Å²) in [4.78, 5) is 31.2. The van der Waals surface area contributed by atoms with Crippen molar-refractivity contribution >= 4 is 34.6 Å². The average Bonchev–Trinajstić information content (AvgIpc) is 3.37. The third-order valence-corrected chi connectivity index (χ3v) is 7.43. The molecule has 4 aromatic rings. The van der Waals surface area contributed by atoms with Crippen LogP contribution in [0.15, 0.2) is 102 Å². The molecule has 0 N–H and O–H groups in total. The number of fused-ring (bicyclic) bond motifs is 2. The van der Waals surface area contributed by atoms with Gasteiger partial charge in [0.25, 0.3) is 5.91 Å². The highest BCUT2D eigenvalue weighted by Gasteiger charge is 2.43. The summed E-state index contributed by atoms with van der Waals surface area (Å²) in [6.45, 7) is 1.44. The van der Waals surface area contributed by atoms with Crippen molar-refractivity contribution in [1.82, 2.24) is 9.99 Å². The Labute approximate surface area is 227 Å². The molecule has 0 spiro atoms. The molecule has 1 aromatic heterocycles. The Hall–Kier alpha value is -4.58. The molecule has 0 saturated heterocycles. The number of esters is 1. The van der Waals surface area contributed by atoms with Crippen LogP contribution in [-0.2, 0) is 9.53 Å². The van der Waals surface area contributed by atoms with Gasteiger partial charge in [0.15, 0.2) is 6.61 Å². The Morgan fingerprint density at radius 2 is 1.69 bits per heavy atom. The molecule has 6 heteroatoms. The molecule has 1 saturated carbocycles. The maximum Gasteiger partial charge on any atom is 0.339 e. The fourth-order valence-corrected chi connectivity index (χ4v) is 5.69. The summed E-state index contributed by atoms with van der Waals surface area (Å²) in [7, 11) is 0. The van der Waals surface area contributed by atoms with Gasteiger partial charge in [-0.25, -0.2) is 9.80 Å². The molecule has 1 amide bonds. The number of hydrogen-bond donors (Lipinski definition) is 0. The second-order valence-electron chi connectivity index (χ2n) is 10.1. The van der Waals surface area contributed by atoms with E-state index >= 15 is 0 Å². The molecule has 2 aliphatic rings. The number of carbonyl (C=O) groups excluding carboxylic acids is 2. The Morgan fingerprint density at radius 1 is 0.974 bits per heavy atom. The number of allylic oxidation sites excluding steroid dienone is 1. The van der Waals surface area contributed by atoms with Gasteiger partial charge in [-0.15, -0.1) is 0 Å². The highest BCUT2D eigenvalue weighted by molar-refractivity contribution is 6.08. The highest BCUT2D eigenvalue weighted by Crippen LogP contribution is 2.44. The summed E-state index contributed by atoms with van der Waals surface area (Å²) in [5, 5.41) is 7.14. The molecule has 194 valence electrons. The number of pyridine rings is 1. The number of benzene rings is 3. The molecule has 39 heavy (non-hydrogen) atoms. The van der Waals surface area contributed by atoms with Crippen molar-refractivity contribution in [2.24, 2.45) is 11.0 Å². The molecular weight excluding hydrogens is 486 g/mol. The van der Waals surface area contributed by atoms with E-state index in [1.165, 1.54) is 0 Å². The lowest BCUT2D eigenvalue weighted by molar-refractivity contribution is -0.137. The molecule has 0 unspecified atom stereocenters. The van der Waals surface area contributed by atoms with Crippen LogP contribution in [0.4, 0.5) is 0 Å². The summed E-state index contributed by atoms with van der Waals surface area (Å²) in [6, 6.07) is 29.1.